The van der Waals surface area contributed by atoms with E-state index in [0.29, 0.717) is 5.92 Å². The van der Waals surface area contributed by atoms with Gasteiger partial charge in [-0.1, -0.05) is 89.5 Å². The molecule has 0 bridgehead atoms. The van der Waals surface area contributed by atoms with Crippen LogP contribution in [0.3, 0.4) is 0 Å². The van der Waals surface area contributed by atoms with Crippen molar-refractivity contribution in [1.82, 2.24) is 39.3 Å². The average Bonchev–Trinajstić information content (AvgIpc) is 3.61. The maximum Gasteiger partial charge on any atom is 0.153 e. The molecule has 0 saturated carbocycles. The topological polar surface area (TPSA) is 77.1 Å². The van der Waals surface area contributed by atoms with Gasteiger partial charge in [0.1, 0.15) is 17.5 Å². The number of hydrogen-bond acceptors (Lipinski definition) is 7. The summed E-state index contributed by atoms with van der Waals surface area (Å²) in [5.74, 6) is 4.30. The lowest BCUT2D eigenvalue weighted by molar-refractivity contribution is 0.0359. The number of nitrogens with zero attached hydrogens (tertiary/aromatic N) is 8. The van der Waals surface area contributed by atoms with Gasteiger partial charge in [-0.05, 0) is 46.7 Å². The Morgan fingerprint density at radius 2 is 1.00 bits per heavy atom. The Morgan fingerprint density at radius 1 is 0.571 bits per heavy atom. The van der Waals surface area contributed by atoms with E-state index in [0.717, 1.165) is 75.8 Å². The maximum atomic E-state index is 5.30. The van der Waals surface area contributed by atoms with E-state index in [9.17, 15) is 0 Å². The van der Waals surface area contributed by atoms with E-state index in [1.807, 2.05) is 87.8 Å². The summed E-state index contributed by atoms with van der Waals surface area (Å²) in [4.78, 5) is 13.7. The van der Waals surface area contributed by atoms with Crippen LogP contribution in [0.5, 0.6) is 0 Å². The van der Waals surface area contributed by atoms with Gasteiger partial charge in [0, 0.05) is 32.1 Å². The molecule has 0 aliphatic carbocycles. The van der Waals surface area contributed by atoms with Crippen molar-refractivity contribution >= 4 is 0 Å². The molecule has 42 heavy (non-hydrogen) atoms. The molecule has 4 heterocycles. The Labute approximate surface area is 261 Å². The number of rotatable bonds is 7. The van der Waals surface area contributed by atoms with E-state index >= 15 is 0 Å². The SMILES string of the molecule is CC.CC.CC.CC.CC.Cc1nc(C(C)C)nn1CCN1CCCCC1.Cc1nc(C)n(CCN2CCOCC2)n1. The molecule has 0 spiro atoms. The molecule has 2 saturated heterocycles. The number of aromatic nitrogens is 6. The minimum Gasteiger partial charge on any atom is -0.379 e. The van der Waals surface area contributed by atoms with Crippen molar-refractivity contribution in [3.05, 3.63) is 23.3 Å². The summed E-state index contributed by atoms with van der Waals surface area (Å²) in [5, 5.41) is 8.91. The molecular weight excluding hydrogens is 524 g/mol. The summed E-state index contributed by atoms with van der Waals surface area (Å²) in [6.45, 7) is 40.6. The molecule has 0 unspecified atom stereocenters. The van der Waals surface area contributed by atoms with Crippen LogP contribution in [0, 0.1) is 20.8 Å². The van der Waals surface area contributed by atoms with Crippen LogP contribution in [0.2, 0.25) is 0 Å². The van der Waals surface area contributed by atoms with Crippen LogP contribution >= 0.6 is 0 Å². The minimum absolute atomic E-state index is 0.421. The number of likely N-dealkylation sites (tertiary alicyclic amines) is 1. The summed E-state index contributed by atoms with van der Waals surface area (Å²) < 4.78 is 9.34. The largest absolute Gasteiger partial charge is 0.379 e. The first-order valence-corrected chi connectivity index (χ1v) is 17.2. The van der Waals surface area contributed by atoms with Gasteiger partial charge in [-0.15, -0.1) is 0 Å². The molecule has 2 aliphatic heterocycles. The highest BCUT2D eigenvalue weighted by Gasteiger charge is 2.13. The summed E-state index contributed by atoms with van der Waals surface area (Å²) in [6, 6.07) is 0. The molecule has 0 aromatic carbocycles. The molecule has 0 N–H and O–H groups in total. The second-order valence-electron chi connectivity index (χ2n) is 9.18. The Bertz CT molecular complexity index is 807. The summed E-state index contributed by atoms with van der Waals surface area (Å²) in [6.07, 6.45) is 4.11. The summed E-state index contributed by atoms with van der Waals surface area (Å²) >= 11 is 0. The highest BCUT2D eigenvalue weighted by molar-refractivity contribution is 4.95. The predicted octanol–water partition coefficient (Wildman–Crippen LogP) is 7.55. The van der Waals surface area contributed by atoms with Crippen molar-refractivity contribution in [1.29, 1.82) is 0 Å². The zero-order chi connectivity index (χ0) is 32.9. The first kappa shape index (κ1) is 44.6. The summed E-state index contributed by atoms with van der Waals surface area (Å²) in [5.41, 5.74) is 0. The standard InChI is InChI=1S/C13H24N4.C10H18N4O.5C2H6/c1-11(2)13-14-12(3)17(15-13)10-9-16-7-5-4-6-8-16;1-9-11-10(2)14(12-9)4-3-13-5-7-15-8-6-13;5*1-2/h11H,4-10H2,1-3H3;3-8H2,1-2H3;5*1-2H3. The van der Waals surface area contributed by atoms with Gasteiger partial charge < -0.3 is 9.64 Å². The van der Waals surface area contributed by atoms with E-state index in [-0.39, 0.29) is 0 Å². The van der Waals surface area contributed by atoms with Crippen molar-refractivity contribution in [3.8, 4) is 0 Å². The van der Waals surface area contributed by atoms with Crippen molar-refractivity contribution in [2.75, 3.05) is 52.5 Å². The van der Waals surface area contributed by atoms with Crippen LogP contribution in [-0.2, 0) is 17.8 Å². The highest BCUT2D eigenvalue weighted by atomic mass is 16.5. The fourth-order valence-corrected chi connectivity index (χ4v) is 4.15. The minimum atomic E-state index is 0.421. The number of aryl methyl sites for hydroxylation is 3. The van der Waals surface area contributed by atoms with Crippen molar-refractivity contribution in [3.63, 3.8) is 0 Å². The number of ether oxygens (including phenoxy) is 1. The average molecular weight is 597 g/mol. The van der Waals surface area contributed by atoms with Gasteiger partial charge in [0.25, 0.3) is 0 Å². The fraction of sp³-hybridized carbons (Fsp3) is 0.879. The molecule has 0 amide bonds. The quantitative estimate of drug-likeness (QED) is 0.326. The molecule has 2 aliphatic rings. The molecule has 4 rings (SSSR count). The third-order valence-electron chi connectivity index (χ3n) is 6.16. The van der Waals surface area contributed by atoms with Gasteiger partial charge in [-0.2, -0.15) is 10.2 Å². The Hall–Kier alpha value is -1.84. The van der Waals surface area contributed by atoms with E-state index in [1.54, 1.807) is 0 Å². The monoisotopic (exact) mass is 597 g/mol. The lowest BCUT2D eigenvalue weighted by Crippen LogP contribution is -2.38. The normalized spacial score (nSPS) is 14.5. The molecule has 0 radical (unpaired) electrons. The highest BCUT2D eigenvalue weighted by Crippen LogP contribution is 2.11. The fourth-order valence-electron chi connectivity index (χ4n) is 4.15. The van der Waals surface area contributed by atoms with Gasteiger partial charge >= 0.3 is 0 Å². The van der Waals surface area contributed by atoms with Crippen LogP contribution in [0.25, 0.3) is 0 Å². The molecule has 2 fully saturated rings. The zero-order valence-electron chi connectivity index (χ0n) is 30.8. The van der Waals surface area contributed by atoms with E-state index in [2.05, 4.69) is 55.4 Å². The van der Waals surface area contributed by atoms with Crippen molar-refractivity contribution in [2.24, 2.45) is 0 Å². The number of piperidine rings is 1. The Morgan fingerprint density at radius 3 is 1.40 bits per heavy atom. The van der Waals surface area contributed by atoms with Crippen molar-refractivity contribution in [2.45, 2.75) is 142 Å². The lowest BCUT2D eigenvalue weighted by atomic mass is 10.1. The zero-order valence-corrected chi connectivity index (χ0v) is 30.8. The molecular formula is C33H72N8O. The smallest absolute Gasteiger partial charge is 0.153 e. The van der Waals surface area contributed by atoms with Gasteiger partial charge in [0.15, 0.2) is 5.82 Å². The molecule has 9 nitrogen and oxygen atoms in total. The molecule has 250 valence electrons. The molecule has 2 aromatic rings. The third-order valence-corrected chi connectivity index (χ3v) is 6.16. The number of hydrogen-bond donors (Lipinski definition) is 0. The second-order valence-corrected chi connectivity index (χ2v) is 9.18. The van der Waals surface area contributed by atoms with Crippen molar-refractivity contribution < 1.29 is 4.74 Å². The van der Waals surface area contributed by atoms with E-state index < -0.39 is 0 Å². The second kappa shape index (κ2) is 30.6. The van der Waals surface area contributed by atoms with Gasteiger partial charge in [-0.3, -0.25) is 4.90 Å². The van der Waals surface area contributed by atoms with Crippen LogP contribution in [0.1, 0.15) is 132 Å². The van der Waals surface area contributed by atoms with Gasteiger partial charge in [0.2, 0.25) is 0 Å². The number of morpholine rings is 1. The third kappa shape index (κ3) is 19.4. The summed E-state index contributed by atoms with van der Waals surface area (Å²) in [7, 11) is 0. The van der Waals surface area contributed by atoms with Crippen LogP contribution in [-0.4, -0.2) is 91.8 Å². The lowest BCUT2D eigenvalue weighted by Gasteiger charge is -2.26. The molecule has 2 aromatic heterocycles. The first-order valence-electron chi connectivity index (χ1n) is 17.2. The maximum absolute atomic E-state index is 5.30. The van der Waals surface area contributed by atoms with E-state index in [4.69, 9.17) is 4.74 Å². The van der Waals surface area contributed by atoms with Crippen LogP contribution in [0.4, 0.5) is 0 Å². The molecule has 0 atom stereocenters. The Balaban J connectivity index is -0.000000561. The van der Waals surface area contributed by atoms with Gasteiger partial charge in [-0.25, -0.2) is 19.3 Å². The van der Waals surface area contributed by atoms with Crippen LogP contribution in [0.15, 0.2) is 0 Å². The molecule has 9 heteroatoms. The van der Waals surface area contributed by atoms with Crippen LogP contribution < -0.4 is 0 Å². The first-order chi connectivity index (χ1) is 20.4. The Kier molecular flexibility index (Phi) is 32.5. The van der Waals surface area contributed by atoms with Gasteiger partial charge in [0.05, 0.1) is 26.3 Å². The van der Waals surface area contributed by atoms with E-state index in [1.165, 1.54) is 32.4 Å². The predicted molar refractivity (Wildman–Crippen MR) is 183 cm³/mol.